The fourth-order valence-electron chi connectivity index (χ4n) is 0.754. The van der Waals surface area contributed by atoms with Gasteiger partial charge in [-0.3, -0.25) is 0 Å². The van der Waals surface area contributed by atoms with E-state index in [2.05, 4.69) is 16.5 Å². The Morgan fingerprint density at radius 3 is 2.93 bits per heavy atom. The average Bonchev–Trinajstić information content (AvgIpc) is 2.10. The van der Waals surface area contributed by atoms with Crippen LogP contribution >= 0.6 is 23.2 Å². The van der Waals surface area contributed by atoms with Crippen LogP contribution in [-0.4, -0.2) is 16.6 Å². The maximum atomic E-state index is 5.78. The fourth-order valence-corrected chi connectivity index (χ4v) is 1.03. The lowest BCUT2D eigenvalue weighted by Crippen LogP contribution is -2.00. The van der Waals surface area contributed by atoms with Crippen LogP contribution in [0.2, 0.25) is 10.3 Å². The molecule has 0 aliphatic rings. The Kier molecular flexibility index (Phi) is 4.17. The summed E-state index contributed by atoms with van der Waals surface area (Å²) < 4.78 is 5.30. The van der Waals surface area contributed by atoms with Crippen molar-refractivity contribution in [2.45, 2.75) is 13.3 Å². The summed E-state index contributed by atoms with van der Waals surface area (Å²) in [6.45, 7) is 6.17. The lowest BCUT2D eigenvalue weighted by molar-refractivity contribution is 0.309. The molecule has 0 amide bonds. The Morgan fingerprint density at radius 1 is 1.57 bits per heavy atom. The number of halogens is 2. The van der Waals surface area contributed by atoms with Gasteiger partial charge in [-0.15, -0.1) is 6.58 Å². The quantitative estimate of drug-likeness (QED) is 0.591. The second-order valence-electron chi connectivity index (χ2n) is 2.85. The third-order valence-corrected chi connectivity index (χ3v) is 1.89. The maximum Gasteiger partial charge on any atom is 0.237 e. The molecule has 0 unspecified atom stereocenters. The van der Waals surface area contributed by atoms with Crippen LogP contribution in [0.1, 0.15) is 13.3 Å². The predicted octanol–water partition coefficient (Wildman–Crippen LogP) is 3.13. The summed E-state index contributed by atoms with van der Waals surface area (Å²) >= 11 is 11.4. The Morgan fingerprint density at radius 2 is 2.29 bits per heavy atom. The highest BCUT2D eigenvalue weighted by molar-refractivity contribution is 6.32. The molecule has 5 heteroatoms. The van der Waals surface area contributed by atoms with Crippen molar-refractivity contribution in [2.75, 3.05) is 6.61 Å². The van der Waals surface area contributed by atoms with Gasteiger partial charge in [-0.1, -0.05) is 17.2 Å². The van der Waals surface area contributed by atoms with E-state index in [0.717, 1.165) is 12.0 Å². The van der Waals surface area contributed by atoms with Crippen LogP contribution in [0.15, 0.2) is 18.3 Å². The van der Waals surface area contributed by atoms with Gasteiger partial charge in [0.2, 0.25) is 11.2 Å². The zero-order valence-corrected chi connectivity index (χ0v) is 9.27. The van der Waals surface area contributed by atoms with Crippen LogP contribution in [0, 0.1) is 0 Å². The first kappa shape index (κ1) is 11.3. The highest BCUT2D eigenvalue weighted by Crippen LogP contribution is 2.21. The van der Waals surface area contributed by atoms with E-state index < -0.39 is 0 Å². The summed E-state index contributed by atoms with van der Waals surface area (Å²) in [4.78, 5) is 7.55. The molecule has 3 nitrogen and oxygen atoms in total. The zero-order valence-electron chi connectivity index (χ0n) is 7.76. The molecule has 0 aromatic carbocycles. The number of hydrogen-bond donors (Lipinski definition) is 0. The van der Waals surface area contributed by atoms with Crippen molar-refractivity contribution >= 4 is 23.2 Å². The molecule has 0 atom stereocenters. The molecule has 0 spiro atoms. The van der Waals surface area contributed by atoms with Crippen LogP contribution in [0.25, 0.3) is 0 Å². The summed E-state index contributed by atoms with van der Waals surface area (Å²) in [5.41, 5.74) is 1.04. The van der Waals surface area contributed by atoms with Crippen molar-refractivity contribution in [3.8, 4) is 5.88 Å². The van der Waals surface area contributed by atoms with Crippen molar-refractivity contribution in [3.63, 3.8) is 0 Å². The first-order valence-corrected chi connectivity index (χ1v) is 4.80. The molecular formula is C9H10Cl2N2O. The van der Waals surface area contributed by atoms with Gasteiger partial charge in [0.25, 0.3) is 0 Å². The van der Waals surface area contributed by atoms with Gasteiger partial charge in [-0.2, -0.15) is 4.98 Å². The minimum absolute atomic E-state index is 0.125. The van der Waals surface area contributed by atoms with Crippen LogP contribution in [0.5, 0.6) is 5.88 Å². The lowest BCUT2D eigenvalue weighted by Gasteiger charge is -2.05. The molecule has 0 aliphatic heterocycles. The van der Waals surface area contributed by atoms with Crippen molar-refractivity contribution in [3.05, 3.63) is 28.7 Å². The summed E-state index contributed by atoms with van der Waals surface area (Å²) in [7, 11) is 0. The van der Waals surface area contributed by atoms with Crippen LogP contribution in [0.3, 0.4) is 0 Å². The molecule has 0 saturated heterocycles. The molecule has 76 valence electrons. The molecule has 1 heterocycles. The summed E-state index contributed by atoms with van der Waals surface area (Å²) in [5.74, 6) is 0.313. The normalized spacial score (nSPS) is 9.93. The van der Waals surface area contributed by atoms with Crippen molar-refractivity contribution in [1.29, 1.82) is 0 Å². The summed E-state index contributed by atoms with van der Waals surface area (Å²) in [6, 6.07) is 0. The van der Waals surface area contributed by atoms with E-state index in [1.54, 1.807) is 0 Å². The van der Waals surface area contributed by atoms with Gasteiger partial charge < -0.3 is 4.74 Å². The molecule has 0 radical (unpaired) electrons. The molecule has 0 aliphatic carbocycles. The molecular weight excluding hydrogens is 223 g/mol. The maximum absolute atomic E-state index is 5.78. The van der Waals surface area contributed by atoms with Gasteiger partial charge in [0.15, 0.2) is 0 Å². The molecule has 1 aromatic heterocycles. The monoisotopic (exact) mass is 232 g/mol. The van der Waals surface area contributed by atoms with Gasteiger partial charge >= 0.3 is 0 Å². The number of rotatable bonds is 4. The third-order valence-electron chi connectivity index (χ3n) is 1.45. The molecule has 1 rings (SSSR count). The van der Waals surface area contributed by atoms with E-state index in [0.29, 0.717) is 17.5 Å². The number of nitrogens with zero attached hydrogens (tertiary/aromatic N) is 2. The second-order valence-corrected chi connectivity index (χ2v) is 3.59. The fraction of sp³-hybridized carbons (Fsp3) is 0.333. The minimum atomic E-state index is 0.125. The van der Waals surface area contributed by atoms with Crippen molar-refractivity contribution < 1.29 is 4.74 Å². The Labute approximate surface area is 92.7 Å². The first-order valence-electron chi connectivity index (χ1n) is 4.05. The number of aromatic nitrogens is 2. The molecule has 0 N–H and O–H groups in total. The number of hydrogen-bond acceptors (Lipinski definition) is 3. The minimum Gasteiger partial charge on any atom is -0.476 e. The predicted molar refractivity (Wildman–Crippen MR) is 57.0 cm³/mol. The van der Waals surface area contributed by atoms with E-state index in [-0.39, 0.29) is 5.28 Å². The average molecular weight is 233 g/mol. The van der Waals surface area contributed by atoms with Crippen molar-refractivity contribution in [2.24, 2.45) is 0 Å². The first-order chi connectivity index (χ1) is 6.59. The molecule has 0 saturated carbocycles. The van der Waals surface area contributed by atoms with E-state index in [4.69, 9.17) is 27.9 Å². The van der Waals surface area contributed by atoms with E-state index in [1.165, 1.54) is 6.20 Å². The third kappa shape index (κ3) is 3.52. The second kappa shape index (κ2) is 5.17. The van der Waals surface area contributed by atoms with Crippen LogP contribution in [0.4, 0.5) is 0 Å². The van der Waals surface area contributed by atoms with Crippen molar-refractivity contribution in [1.82, 2.24) is 9.97 Å². The summed E-state index contributed by atoms with van der Waals surface area (Å²) in [6.07, 6.45) is 2.17. The van der Waals surface area contributed by atoms with Gasteiger partial charge in [0.05, 0.1) is 12.8 Å². The van der Waals surface area contributed by atoms with Gasteiger partial charge in [-0.25, -0.2) is 4.98 Å². The van der Waals surface area contributed by atoms with Gasteiger partial charge in [0.1, 0.15) is 5.02 Å². The zero-order chi connectivity index (χ0) is 10.6. The van der Waals surface area contributed by atoms with Crippen LogP contribution < -0.4 is 4.74 Å². The Balaban J connectivity index is 2.57. The van der Waals surface area contributed by atoms with Gasteiger partial charge in [0, 0.05) is 6.42 Å². The largest absolute Gasteiger partial charge is 0.476 e. The molecule has 14 heavy (non-hydrogen) atoms. The highest BCUT2D eigenvalue weighted by Gasteiger charge is 2.04. The Bertz CT molecular complexity index is 342. The molecule has 0 bridgehead atoms. The number of ether oxygens (including phenoxy) is 1. The summed E-state index contributed by atoms with van der Waals surface area (Å²) in [5, 5.41) is 0.482. The Hall–Kier alpha value is -0.800. The molecule has 1 aromatic rings. The standard InChI is InChI=1S/C9H10Cl2N2O/c1-6(2)3-4-14-8-7(10)5-12-9(11)13-8/h5H,1,3-4H2,2H3. The van der Waals surface area contributed by atoms with E-state index >= 15 is 0 Å². The highest BCUT2D eigenvalue weighted by atomic mass is 35.5. The lowest BCUT2D eigenvalue weighted by atomic mass is 10.3. The smallest absolute Gasteiger partial charge is 0.237 e. The SMILES string of the molecule is C=C(C)CCOc1nc(Cl)ncc1Cl. The topological polar surface area (TPSA) is 35.0 Å². The van der Waals surface area contributed by atoms with E-state index in [9.17, 15) is 0 Å². The van der Waals surface area contributed by atoms with Gasteiger partial charge in [-0.05, 0) is 18.5 Å². The molecule has 0 fully saturated rings. The van der Waals surface area contributed by atoms with E-state index in [1.807, 2.05) is 6.92 Å². The van der Waals surface area contributed by atoms with Crippen LogP contribution in [-0.2, 0) is 0 Å².